The van der Waals surface area contributed by atoms with E-state index in [1.165, 1.54) is 13.2 Å². The lowest BCUT2D eigenvalue weighted by molar-refractivity contribution is -0.141. The third-order valence-corrected chi connectivity index (χ3v) is 5.25. The van der Waals surface area contributed by atoms with Crippen LogP contribution in [-0.4, -0.2) is 59.3 Å². The minimum atomic E-state index is -4.65. The molecule has 0 saturated carbocycles. The standard InChI is InChI=1S/C20H23F3N4O4/c1-3-13-16(20(21,22)23)26-17(24-13)18(28)25-14-7-8-27(10-15(14)31-2)12-6-4-5-11(9-12)19(29)30/h4-6,9,14-15H,3,7-8,10H2,1-2H3,(H,24,26)(H,25,28)(H,29,30)/t14-,15+/m1/s1. The van der Waals surface area contributed by atoms with Gasteiger partial charge in [-0.25, -0.2) is 9.78 Å². The van der Waals surface area contributed by atoms with Gasteiger partial charge < -0.3 is 25.0 Å². The summed E-state index contributed by atoms with van der Waals surface area (Å²) in [6, 6.07) is 6.04. The van der Waals surface area contributed by atoms with Crippen molar-refractivity contribution in [2.75, 3.05) is 25.1 Å². The Labute approximate surface area is 176 Å². The van der Waals surface area contributed by atoms with Crippen molar-refractivity contribution in [3.63, 3.8) is 0 Å². The Balaban J connectivity index is 1.71. The molecule has 0 aliphatic carbocycles. The number of aromatic nitrogens is 2. The fraction of sp³-hybridized carbons (Fsp3) is 0.450. The summed E-state index contributed by atoms with van der Waals surface area (Å²) in [5.74, 6) is -2.16. The number of carbonyl (C=O) groups is 2. The molecule has 31 heavy (non-hydrogen) atoms. The highest BCUT2D eigenvalue weighted by Gasteiger charge is 2.38. The minimum Gasteiger partial charge on any atom is -0.478 e. The highest BCUT2D eigenvalue weighted by Crippen LogP contribution is 2.31. The van der Waals surface area contributed by atoms with Gasteiger partial charge in [-0.1, -0.05) is 13.0 Å². The maximum Gasteiger partial charge on any atom is 0.435 e. The number of aromatic carboxylic acids is 1. The highest BCUT2D eigenvalue weighted by atomic mass is 19.4. The lowest BCUT2D eigenvalue weighted by Gasteiger charge is -2.39. The number of nitrogens with zero attached hydrogens (tertiary/aromatic N) is 2. The van der Waals surface area contributed by atoms with Crippen molar-refractivity contribution < 1.29 is 32.6 Å². The molecule has 0 unspecified atom stereocenters. The van der Waals surface area contributed by atoms with Gasteiger partial charge in [0.25, 0.3) is 5.91 Å². The topological polar surface area (TPSA) is 108 Å². The molecule has 1 amide bonds. The smallest absolute Gasteiger partial charge is 0.435 e. The number of piperidine rings is 1. The number of carbonyl (C=O) groups excluding carboxylic acids is 1. The van der Waals surface area contributed by atoms with Gasteiger partial charge in [-0.3, -0.25) is 4.79 Å². The molecule has 8 nitrogen and oxygen atoms in total. The fourth-order valence-electron chi connectivity index (χ4n) is 3.63. The van der Waals surface area contributed by atoms with Crippen LogP contribution in [0, 0.1) is 0 Å². The number of rotatable bonds is 6. The molecule has 0 bridgehead atoms. The number of benzene rings is 1. The van der Waals surface area contributed by atoms with Crippen LogP contribution >= 0.6 is 0 Å². The van der Waals surface area contributed by atoms with Crippen LogP contribution in [-0.2, 0) is 17.3 Å². The Morgan fingerprint density at radius 3 is 2.71 bits per heavy atom. The summed E-state index contributed by atoms with van der Waals surface area (Å²) in [5.41, 5.74) is -0.363. The molecule has 3 N–H and O–H groups in total. The Morgan fingerprint density at radius 2 is 2.13 bits per heavy atom. The number of halogens is 3. The number of ether oxygens (including phenoxy) is 1. The van der Waals surface area contributed by atoms with Gasteiger partial charge in [-0.2, -0.15) is 13.2 Å². The van der Waals surface area contributed by atoms with E-state index in [2.05, 4.69) is 15.3 Å². The van der Waals surface area contributed by atoms with Crippen molar-refractivity contribution in [1.29, 1.82) is 0 Å². The largest absolute Gasteiger partial charge is 0.478 e. The molecule has 11 heteroatoms. The van der Waals surface area contributed by atoms with Crippen molar-refractivity contribution in [3.8, 4) is 0 Å². The van der Waals surface area contributed by atoms with Crippen LogP contribution < -0.4 is 10.2 Å². The van der Waals surface area contributed by atoms with E-state index >= 15 is 0 Å². The average molecular weight is 440 g/mol. The van der Waals surface area contributed by atoms with E-state index in [-0.39, 0.29) is 17.7 Å². The van der Waals surface area contributed by atoms with Crippen molar-refractivity contribution in [1.82, 2.24) is 15.3 Å². The molecule has 1 aliphatic rings. The molecule has 2 aromatic rings. The number of alkyl halides is 3. The second-order valence-electron chi connectivity index (χ2n) is 7.21. The summed E-state index contributed by atoms with van der Waals surface area (Å²) in [6.07, 6.45) is -4.59. The number of amides is 1. The van der Waals surface area contributed by atoms with E-state index in [0.29, 0.717) is 25.2 Å². The van der Waals surface area contributed by atoms with Crippen LogP contribution in [0.15, 0.2) is 24.3 Å². The normalized spacial score (nSPS) is 19.3. The summed E-state index contributed by atoms with van der Waals surface area (Å²) >= 11 is 0. The fourth-order valence-corrected chi connectivity index (χ4v) is 3.63. The molecule has 1 aliphatic heterocycles. The number of carboxylic acid groups (broad SMARTS) is 1. The quantitative estimate of drug-likeness (QED) is 0.638. The highest BCUT2D eigenvalue weighted by molar-refractivity contribution is 5.91. The molecule has 0 spiro atoms. The number of anilines is 1. The number of H-pyrrole nitrogens is 1. The Kier molecular flexibility index (Phi) is 6.54. The summed E-state index contributed by atoms with van der Waals surface area (Å²) in [7, 11) is 1.48. The first kappa shape index (κ1) is 22.6. The molecule has 1 saturated heterocycles. The first-order valence-electron chi connectivity index (χ1n) is 9.72. The van der Waals surface area contributed by atoms with Crippen molar-refractivity contribution >= 4 is 17.6 Å². The van der Waals surface area contributed by atoms with Gasteiger partial charge in [0.1, 0.15) is 0 Å². The second-order valence-corrected chi connectivity index (χ2v) is 7.21. The lowest BCUT2D eigenvalue weighted by atomic mass is 10.0. The predicted molar refractivity (Wildman–Crippen MR) is 105 cm³/mol. The zero-order valence-electron chi connectivity index (χ0n) is 17.0. The molecule has 0 radical (unpaired) electrons. The van der Waals surface area contributed by atoms with E-state index in [9.17, 15) is 27.9 Å². The third-order valence-electron chi connectivity index (χ3n) is 5.25. The number of hydrogen-bond acceptors (Lipinski definition) is 5. The van der Waals surface area contributed by atoms with Crippen LogP contribution in [0.5, 0.6) is 0 Å². The zero-order valence-corrected chi connectivity index (χ0v) is 17.0. The number of aromatic amines is 1. The Bertz CT molecular complexity index is 960. The van der Waals surface area contributed by atoms with E-state index in [4.69, 9.17) is 4.74 Å². The Hall–Kier alpha value is -3.08. The molecular weight excluding hydrogens is 417 g/mol. The molecule has 2 atom stereocenters. The summed E-state index contributed by atoms with van der Waals surface area (Å²) < 4.78 is 44.8. The number of imidazole rings is 1. The average Bonchev–Trinajstić information content (AvgIpc) is 3.19. The van der Waals surface area contributed by atoms with Crippen LogP contribution in [0.2, 0.25) is 0 Å². The SMILES string of the molecule is CCc1[nH]c(C(=O)N[C@@H]2CCN(c3cccc(C(=O)O)c3)C[C@@H]2OC)nc1C(F)(F)F. The number of nitrogens with one attached hydrogen (secondary N) is 2. The number of methoxy groups -OCH3 is 1. The van der Waals surface area contributed by atoms with E-state index in [1.54, 1.807) is 25.1 Å². The van der Waals surface area contributed by atoms with Gasteiger partial charge >= 0.3 is 12.1 Å². The molecule has 2 heterocycles. The van der Waals surface area contributed by atoms with Crippen molar-refractivity contribution in [3.05, 3.63) is 47.0 Å². The van der Waals surface area contributed by atoms with Gasteiger partial charge in [0.15, 0.2) is 11.5 Å². The van der Waals surface area contributed by atoms with Gasteiger partial charge in [0.05, 0.1) is 17.7 Å². The maximum absolute atomic E-state index is 13.1. The molecule has 1 fully saturated rings. The molecule has 3 rings (SSSR count). The van der Waals surface area contributed by atoms with E-state index in [0.717, 1.165) is 0 Å². The monoisotopic (exact) mass is 440 g/mol. The summed E-state index contributed by atoms with van der Waals surface area (Å²) in [4.78, 5) is 31.6. The van der Waals surface area contributed by atoms with Crippen LogP contribution in [0.25, 0.3) is 0 Å². The van der Waals surface area contributed by atoms with E-state index in [1.807, 2.05) is 4.90 Å². The second kappa shape index (κ2) is 8.96. The van der Waals surface area contributed by atoms with Crippen molar-refractivity contribution in [2.24, 2.45) is 0 Å². The maximum atomic E-state index is 13.1. The van der Waals surface area contributed by atoms with Crippen LogP contribution in [0.1, 0.15) is 45.7 Å². The van der Waals surface area contributed by atoms with Gasteiger partial charge in [-0.15, -0.1) is 0 Å². The summed E-state index contributed by atoms with van der Waals surface area (Å²) in [6.45, 7) is 2.41. The van der Waals surface area contributed by atoms with Gasteiger partial charge in [0.2, 0.25) is 0 Å². The molecule has 168 valence electrons. The number of hydrogen-bond donors (Lipinski definition) is 3. The number of aryl methyl sites for hydroxylation is 1. The minimum absolute atomic E-state index is 0.0591. The summed E-state index contributed by atoms with van der Waals surface area (Å²) in [5, 5.41) is 11.9. The first-order valence-corrected chi connectivity index (χ1v) is 9.72. The van der Waals surface area contributed by atoms with Gasteiger partial charge in [-0.05, 0) is 31.0 Å². The lowest BCUT2D eigenvalue weighted by Crippen LogP contribution is -2.55. The van der Waals surface area contributed by atoms with Gasteiger partial charge in [0, 0.05) is 31.6 Å². The van der Waals surface area contributed by atoms with Crippen LogP contribution in [0.3, 0.4) is 0 Å². The van der Waals surface area contributed by atoms with Crippen molar-refractivity contribution in [2.45, 2.75) is 38.1 Å². The van der Waals surface area contributed by atoms with E-state index < -0.39 is 41.7 Å². The predicted octanol–water partition coefficient (Wildman–Crippen LogP) is 2.71. The number of carboxylic acids is 1. The molecule has 1 aromatic carbocycles. The molecule has 1 aromatic heterocycles. The third kappa shape index (κ3) is 4.98. The van der Waals surface area contributed by atoms with Crippen LogP contribution in [0.4, 0.5) is 18.9 Å². The zero-order chi connectivity index (χ0) is 22.8. The first-order chi connectivity index (χ1) is 14.6. The molecular formula is C20H23F3N4O4. The Morgan fingerprint density at radius 1 is 1.39 bits per heavy atom.